The lowest BCUT2D eigenvalue weighted by molar-refractivity contribution is -0.123. The SMILES string of the molecule is COCCC(=O)NCCNC(=O)C(C)Cl. The lowest BCUT2D eigenvalue weighted by Crippen LogP contribution is -2.37. The fourth-order valence-electron chi connectivity index (χ4n) is 0.811. The number of amides is 2. The van der Waals surface area contributed by atoms with E-state index in [9.17, 15) is 9.59 Å². The molecule has 0 fully saturated rings. The lowest BCUT2D eigenvalue weighted by atomic mass is 10.4. The minimum Gasteiger partial charge on any atom is -0.384 e. The van der Waals surface area contributed by atoms with Gasteiger partial charge in [0.2, 0.25) is 11.8 Å². The third kappa shape index (κ3) is 8.20. The number of hydrogen-bond donors (Lipinski definition) is 2. The predicted octanol–water partition coefficient (Wildman–Crippen LogP) is -0.117. The Morgan fingerprint density at radius 2 is 1.93 bits per heavy atom. The maximum absolute atomic E-state index is 11.1. The molecule has 0 aliphatic rings. The van der Waals surface area contributed by atoms with Crippen LogP contribution in [0.2, 0.25) is 0 Å². The van der Waals surface area contributed by atoms with Crippen LogP contribution in [0.5, 0.6) is 0 Å². The first kappa shape index (κ1) is 14.2. The normalized spacial score (nSPS) is 11.9. The van der Waals surface area contributed by atoms with Crippen molar-refractivity contribution >= 4 is 23.4 Å². The summed E-state index contributed by atoms with van der Waals surface area (Å²) in [6.07, 6.45) is 0.330. The Balaban J connectivity index is 3.38. The van der Waals surface area contributed by atoms with E-state index in [1.807, 2.05) is 0 Å². The van der Waals surface area contributed by atoms with Crippen LogP contribution in [0.25, 0.3) is 0 Å². The van der Waals surface area contributed by atoms with Gasteiger partial charge < -0.3 is 15.4 Å². The number of methoxy groups -OCH3 is 1. The number of nitrogens with one attached hydrogen (secondary N) is 2. The van der Waals surface area contributed by atoms with Crippen LogP contribution in [-0.2, 0) is 14.3 Å². The van der Waals surface area contributed by atoms with Crippen molar-refractivity contribution in [3.05, 3.63) is 0 Å². The van der Waals surface area contributed by atoms with Crippen LogP contribution in [0, 0.1) is 0 Å². The monoisotopic (exact) mass is 236 g/mol. The highest BCUT2D eigenvalue weighted by atomic mass is 35.5. The van der Waals surface area contributed by atoms with Crippen LogP contribution < -0.4 is 10.6 Å². The van der Waals surface area contributed by atoms with Gasteiger partial charge in [-0.1, -0.05) is 0 Å². The van der Waals surface area contributed by atoms with Gasteiger partial charge in [-0.3, -0.25) is 9.59 Å². The van der Waals surface area contributed by atoms with Gasteiger partial charge >= 0.3 is 0 Å². The molecule has 1 atom stereocenters. The zero-order chi connectivity index (χ0) is 11.7. The summed E-state index contributed by atoms with van der Waals surface area (Å²) < 4.78 is 4.74. The molecule has 6 heteroatoms. The summed E-state index contributed by atoms with van der Waals surface area (Å²) in [5, 5.41) is 4.66. The van der Waals surface area contributed by atoms with Gasteiger partial charge in [-0.15, -0.1) is 11.6 Å². The molecule has 2 N–H and O–H groups in total. The third-order valence-electron chi connectivity index (χ3n) is 1.64. The average Bonchev–Trinajstić information content (AvgIpc) is 2.20. The molecule has 88 valence electrons. The number of halogens is 1. The van der Waals surface area contributed by atoms with E-state index in [4.69, 9.17) is 16.3 Å². The van der Waals surface area contributed by atoms with Crippen LogP contribution in [0.1, 0.15) is 13.3 Å². The van der Waals surface area contributed by atoms with Crippen LogP contribution in [0.15, 0.2) is 0 Å². The Morgan fingerprint density at radius 3 is 2.47 bits per heavy atom. The first-order valence-electron chi connectivity index (χ1n) is 4.75. The zero-order valence-electron chi connectivity index (χ0n) is 9.01. The van der Waals surface area contributed by atoms with Crippen molar-refractivity contribution in [1.82, 2.24) is 10.6 Å². The molecular weight excluding hydrogens is 220 g/mol. The summed E-state index contributed by atoms with van der Waals surface area (Å²) in [4.78, 5) is 22.0. The minimum atomic E-state index is -0.547. The van der Waals surface area contributed by atoms with E-state index in [0.717, 1.165) is 0 Å². The molecule has 15 heavy (non-hydrogen) atoms. The van der Waals surface area contributed by atoms with Crippen LogP contribution in [0.4, 0.5) is 0 Å². The van der Waals surface area contributed by atoms with Gasteiger partial charge in [0.05, 0.1) is 6.61 Å². The molecule has 0 spiro atoms. The second-order valence-corrected chi connectivity index (χ2v) is 3.65. The largest absolute Gasteiger partial charge is 0.384 e. The first-order chi connectivity index (χ1) is 7.07. The second-order valence-electron chi connectivity index (χ2n) is 3.00. The van der Waals surface area contributed by atoms with Crippen molar-refractivity contribution in [3.8, 4) is 0 Å². The van der Waals surface area contributed by atoms with E-state index in [2.05, 4.69) is 10.6 Å². The highest BCUT2D eigenvalue weighted by molar-refractivity contribution is 6.30. The molecule has 0 aromatic rings. The molecule has 0 saturated carbocycles. The van der Waals surface area contributed by atoms with Crippen molar-refractivity contribution in [1.29, 1.82) is 0 Å². The number of hydrogen-bond acceptors (Lipinski definition) is 3. The molecule has 0 aliphatic heterocycles. The molecule has 2 amide bonds. The van der Waals surface area contributed by atoms with Crippen molar-refractivity contribution in [2.75, 3.05) is 26.8 Å². The van der Waals surface area contributed by atoms with E-state index in [0.29, 0.717) is 26.1 Å². The smallest absolute Gasteiger partial charge is 0.237 e. The predicted molar refractivity (Wildman–Crippen MR) is 57.8 cm³/mol. The van der Waals surface area contributed by atoms with Gasteiger partial charge in [-0.2, -0.15) is 0 Å². The summed E-state index contributed by atoms with van der Waals surface area (Å²) in [5.41, 5.74) is 0. The molecule has 0 radical (unpaired) electrons. The van der Waals surface area contributed by atoms with E-state index < -0.39 is 5.38 Å². The van der Waals surface area contributed by atoms with Gasteiger partial charge in [0.25, 0.3) is 0 Å². The Labute approximate surface area is 94.5 Å². The minimum absolute atomic E-state index is 0.0926. The molecule has 0 aliphatic carbocycles. The highest BCUT2D eigenvalue weighted by Gasteiger charge is 2.07. The summed E-state index contributed by atoms with van der Waals surface area (Å²) in [7, 11) is 1.54. The van der Waals surface area contributed by atoms with Gasteiger partial charge in [0.1, 0.15) is 5.38 Å². The van der Waals surface area contributed by atoms with Gasteiger partial charge in [0, 0.05) is 26.6 Å². The lowest BCUT2D eigenvalue weighted by Gasteiger charge is -2.07. The molecule has 0 aromatic carbocycles. The fourth-order valence-corrected chi connectivity index (χ4v) is 0.889. The fraction of sp³-hybridized carbons (Fsp3) is 0.778. The van der Waals surface area contributed by atoms with Crippen LogP contribution in [-0.4, -0.2) is 44.0 Å². The third-order valence-corrected chi connectivity index (χ3v) is 1.84. The number of carbonyl (C=O) groups is 2. The van der Waals surface area contributed by atoms with Gasteiger partial charge in [-0.05, 0) is 6.92 Å². The summed E-state index contributed by atoms with van der Waals surface area (Å²) in [5.74, 6) is -0.326. The number of ether oxygens (including phenoxy) is 1. The molecule has 1 unspecified atom stereocenters. The van der Waals surface area contributed by atoms with Crippen molar-refractivity contribution < 1.29 is 14.3 Å². The molecule has 0 saturated heterocycles. The van der Waals surface area contributed by atoms with Crippen LogP contribution in [0.3, 0.4) is 0 Å². The van der Waals surface area contributed by atoms with Crippen molar-refractivity contribution in [2.45, 2.75) is 18.7 Å². The Morgan fingerprint density at radius 1 is 1.33 bits per heavy atom. The number of alkyl halides is 1. The topological polar surface area (TPSA) is 67.4 Å². The van der Waals surface area contributed by atoms with Crippen molar-refractivity contribution in [2.24, 2.45) is 0 Å². The summed E-state index contributed by atoms with van der Waals surface area (Å²) in [6, 6.07) is 0. The maximum Gasteiger partial charge on any atom is 0.237 e. The zero-order valence-corrected chi connectivity index (χ0v) is 9.76. The van der Waals surface area contributed by atoms with E-state index in [1.54, 1.807) is 6.92 Å². The average molecular weight is 237 g/mol. The molecular formula is C9H17ClN2O3. The second kappa shape index (κ2) is 8.49. The number of rotatable bonds is 7. The van der Waals surface area contributed by atoms with Crippen LogP contribution >= 0.6 is 11.6 Å². The summed E-state index contributed by atoms with van der Waals surface area (Å²) in [6.45, 7) is 2.78. The van der Waals surface area contributed by atoms with E-state index in [1.165, 1.54) is 7.11 Å². The molecule has 0 rings (SSSR count). The Hall–Kier alpha value is -0.810. The van der Waals surface area contributed by atoms with Gasteiger partial charge in [-0.25, -0.2) is 0 Å². The quantitative estimate of drug-likeness (QED) is 0.479. The summed E-state index contributed by atoms with van der Waals surface area (Å²) >= 11 is 5.52. The van der Waals surface area contributed by atoms with E-state index >= 15 is 0 Å². The highest BCUT2D eigenvalue weighted by Crippen LogP contribution is 1.90. The standard InChI is InChI=1S/C9H17ClN2O3/c1-7(10)9(14)12-5-4-11-8(13)3-6-15-2/h7H,3-6H2,1-2H3,(H,11,13)(H,12,14). The Kier molecular flexibility index (Phi) is 8.04. The first-order valence-corrected chi connectivity index (χ1v) is 5.19. The molecule has 0 aromatic heterocycles. The molecule has 5 nitrogen and oxygen atoms in total. The Bertz CT molecular complexity index is 210. The number of carbonyl (C=O) groups excluding carboxylic acids is 2. The van der Waals surface area contributed by atoms with Crippen molar-refractivity contribution in [3.63, 3.8) is 0 Å². The van der Waals surface area contributed by atoms with E-state index in [-0.39, 0.29) is 11.8 Å². The maximum atomic E-state index is 11.1. The molecule has 0 heterocycles. The molecule has 0 bridgehead atoms. The van der Waals surface area contributed by atoms with Gasteiger partial charge in [0.15, 0.2) is 0 Å².